The van der Waals surface area contributed by atoms with Crippen molar-refractivity contribution in [1.82, 2.24) is 0 Å². The second kappa shape index (κ2) is 60.4. The number of rotatable bonds is 53. The van der Waals surface area contributed by atoms with Gasteiger partial charge in [-0.05, 0) is 135 Å². The minimum Gasteiger partial charge on any atom is -0.462 e. The molecule has 73 heavy (non-hydrogen) atoms. The Morgan fingerprint density at radius 2 is 0.534 bits per heavy atom. The molecule has 0 N–H and O–H groups in total. The SMILES string of the molecule is CC/C=C\C/C=C\C/C=C\C/C=C\C/C=C\CCCCCC(=O)OC[C@@H](COC(=O)CCCCCC/C=C\C/C=C\C/C=C\CCCCC)OC(=O)CCCCCCCCCCC/C=C\C/C=C\CCCCC. The normalized spacial score (nSPS) is 13.0. The third-order valence-corrected chi connectivity index (χ3v) is 12.4. The van der Waals surface area contributed by atoms with Crippen LogP contribution in [0.4, 0.5) is 0 Å². The van der Waals surface area contributed by atoms with Crippen molar-refractivity contribution < 1.29 is 28.6 Å². The van der Waals surface area contributed by atoms with E-state index in [-0.39, 0.29) is 31.1 Å². The van der Waals surface area contributed by atoms with Gasteiger partial charge >= 0.3 is 17.9 Å². The Hall–Kier alpha value is -4.19. The van der Waals surface area contributed by atoms with Gasteiger partial charge in [-0.15, -0.1) is 0 Å². The summed E-state index contributed by atoms with van der Waals surface area (Å²) in [6.45, 7) is 6.43. The van der Waals surface area contributed by atoms with Crippen molar-refractivity contribution >= 4 is 17.9 Å². The average Bonchev–Trinajstić information content (AvgIpc) is 3.39. The molecule has 414 valence electrons. The monoisotopic (exact) mass is 1010 g/mol. The van der Waals surface area contributed by atoms with Crippen molar-refractivity contribution in [3.8, 4) is 0 Å². The second-order valence-corrected chi connectivity index (χ2v) is 19.5. The van der Waals surface area contributed by atoms with Crippen LogP contribution in [0.3, 0.4) is 0 Å². The molecule has 0 aliphatic rings. The molecule has 0 amide bonds. The molecule has 0 aliphatic heterocycles. The van der Waals surface area contributed by atoms with E-state index in [2.05, 4.69) is 142 Å². The maximum Gasteiger partial charge on any atom is 0.306 e. The number of unbranched alkanes of at least 4 members (excludes halogenated alkanes) is 22. The van der Waals surface area contributed by atoms with Gasteiger partial charge in [0.1, 0.15) is 13.2 Å². The van der Waals surface area contributed by atoms with E-state index in [0.717, 1.165) is 128 Å². The van der Waals surface area contributed by atoms with Gasteiger partial charge in [0.25, 0.3) is 0 Å². The molecular formula is C67H110O6. The van der Waals surface area contributed by atoms with Gasteiger partial charge in [-0.25, -0.2) is 0 Å². The van der Waals surface area contributed by atoms with E-state index >= 15 is 0 Å². The van der Waals surface area contributed by atoms with Crippen molar-refractivity contribution in [1.29, 1.82) is 0 Å². The van der Waals surface area contributed by atoms with Gasteiger partial charge in [0.15, 0.2) is 6.10 Å². The molecule has 0 heterocycles. The smallest absolute Gasteiger partial charge is 0.306 e. The van der Waals surface area contributed by atoms with Crippen LogP contribution in [0.15, 0.2) is 122 Å². The number of hydrogen-bond donors (Lipinski definition) is 0. The van der Waals surface area contributed by atoms with Gasteiger partial charge < -0.3 is 14.2 Å². The first-order valence-corrected chi connectivity index (χ1v) is 30.0. The van der Waals surface area contributed by atoms with Crippen LogP contribution in [-0.4, -0.2) is 37.2 Å². The molecule has 0 aromatic heterocycles. The molecule has 6 heteroatoms. The zero-order valence-electron chi connectivity index (χ0n) is 47.4. The summed E-state index contributed by atoms with van der Waals surface area (Å²) < 4.78 is 16.9. The van der Waals surface area contributed by atoms with Crippen molar-refractivity contribution in [3.05, 3.63) is 122 Å². The molecule has 0 fully saturated rings. The van der Waals surface area contributed by atoms with E-state index in [0.29, 0.717) is 19.3 Å². The highest BCUT2D eigenvalue weighted by Crippen LogP contribution is 2.14. The number of carbonyl (C=O) groups is 3. The molecule has 0 aromatic rings. The van der Waals surface area contributed by atoms with E-state index in [1.54, 1.807) is 0 Å². The largest absolute Gasteiger partial charge is 0.462 e. The highest BCUT2D eigenvalue weighted by atomic mass is 16.6. The first-order chi connectivity index (χ1) is 36.0. The fourth-order valence-electron chi connectivity index (χ4n) is 7.92. The zero-order valence-corrected chi connectivity index (χ0v) is 47.4. The molecular weight excluding hydrogens is 901 g/mol. The number of allylic oxidation sites excluding steroid dienone is 20. The van der Waals surface area contributed by atoms with Crippen molar-refractivity contribution in [2.45, 2.75) is 271 Å². The Labute approximate surface area is 450 Å². The van der Waals surface area contributed by atoms with Crippen LogP contribution < -0.4 is 0 Å². The minimum absolute atomic E-state index is 0.105. The van der Waals surface area contributed by atoms with Crippen molar-refractivity contribution in [2.75, 3.05) is 13.2 Å². The molecule has 0 aliphatic carbocycles. The second-order valence-electron chi connectivity index (χ2n) is 19.5. The zero-order chi connectivity index (χ0) is 52.9. The van der Waals surface area contributed by atoms with Gasteiger partial charge in [0, 0.05) is 19.3 Å². The maximum atomic E-state index is 12.9. The number of esters is 3. The molecule has 0 radical (unpaired) electrons. The molecule has 0 unspecified atom stereocenters. The summed E-state index contributed by atoms with van der Waals surface area (Å²) in [6, 6.07) is 0. The minimum atomic E-state index is -0.808. The highest BCUT2D eigenvalue weighted by Gasteiger charge is 2.19. The topological polar surface area (TPSA) is 78.9 Å². The maximum absolute atomic E-state index is 12.9. The van der Waals surface area contributed by atoms with Crippen LogP contribution in [0.25, 0.3) is 0 Å². The summed E-state index contributed by atoms with van der Waals surface area (Å²) in [5.41, 5.74) is 0. The summed E-state index contributed by atoms with van der Waals surface area (Å²) in [6.07, 6.45) is 83.3. The summed E-state index contributed by atoms with van der Waals surface area (Å²) >= 11 is 0. The standard InChI is InChI=1S/C67H110O6/c1-4-7-10-13-16-19-22-25-28-31-33-36-39-42-45-48-51-54-57-60-66(69)72-63-64(62-71-65(68)59-56-53-50-47-44-41-38-35-30-27-24-21-18-15-12-9-6-3)73-67(70)61-58-55-52-49-46-43-40-37-34-32-29-26-23-20-17-14-11-8-5-2/h7,10,16-21,25-30,33,36,38,41-42,45,64H,4-6,8-9,11-15,22-24,31-32,34-35,37,39-40,43-44,46-63H2,1-3H3/b10-7-,19-16-,20-17-,21-18-,28-25-,29-26-,30-27-,36-33-,41-38-,45-42-/t64-/m1/s1. The number of hydrogen-bond acceptors (Lipinski definition) is 6. The summed E-state index contributed by atoms with van der Waals surface area (Å²) in [5, 5.41) is 0. The lowest BCUT2D eigenvalue weighted by atomic mass is 10.1. The lowest BCUT2D eigenvalue weighted by molar-refractivity contribution is -0.167. The van der Waals surface area contributed by atoms with Crippen LogP contribution in [-0.2, 0) is 28.6 Å². The van der Waals surface area contributed by atoms with Gasteiger partial charge in [-0.3, -0.25) is 14.4 Å². The Kier molecular flexibility index (Phi) is 56.9. The van der Waals surface area contributed by atoms with Crippen LogP contribution in [0.1, 0.15) is 265 Å². The Morgan fingerprint density at radius 3 is 0.849 bits per heavy atom. The Morgan fingerprint density at radius 1 is 0.288 bits per heavy atom. The summed E-state index contributed by atoms with van der Waals surface area (Å²) in [5.74, 6) is -0.960. The van der Waals surface area contributed by atoms with E-state index in [4.69, 9.17) is 14.2 Å². The number of carbonyl (C=O) groups excluding carboxylic acids is 3. The van der Waals surface area contributed by atoms with Gasteiger partial charge in [0.2, 0.25) is 0 Å². The molecule has 0 saturated heterocycles. The van der Waals surface area contributed by atoms with E-state index < -0.39 is 6.10 Å². The van der Waals surface area contributed by atoms with Crippen LogP contribution >= 0.6 is 0 Å². The Bertz CT molecular complexity index is 1540. The molecule has 0 aromatic carbocycles. The number of ether oxygens (including phenoxy) is 3. The molecule has 0 saturated carbocycles. The van der Waals surface area contributed by atoms with Crippen LogP contribution in [0.5, 0.6) is 0 Å². The quantitative estimate of drug-likeness (QED) is 0.0261. The third kappa shape index (κ3) is 58.6. The van der Waals surface area contributed by atoms with Crippen LogP contribution in [0.2, 0.25) is 0 Å². The summed E-state index contributed by atoms with van der Waals surface area (Å²) in [7, 11) is 0. The molecule has 1 atom stereocenters. The van der Waals surface area contributed by atoms with E-state index in [9.17, 15) is 14.4 Å². The fraction of sp³-hybridized carbons (Fsp3) is 0.657. The van der Waals surface area contributed by atoms with Gasteiger partial charge in [-0.2, -0.15) is 0 Å². The molecule has 6 nitrogen and oxygen atoms in total. The lowest BCUT2D eigenvalue weighted by Crippen LogP contribution is -2.30. The lowest BCUT2D eigenvalue weighted by Gasteiger charge is -2.18. The van der Waals surface area contributed by atoms with E-state index in [1.807, 2.05) is 0 Å². The fourth-order valence-corrected chi connectivity index (χ4v) is 7.92. The van der Waals surface area contributed by atoms with Gasteiger partial charge in [-0.1, -0.05) is 232 Å². The van der Waals surface area contributed by atoms with Crippen molar-refractivity contribution in [2.24, 2.45) is 0 Å². The van der Waals surface area contributed by atoms with Crippen LogP contribution in [0, 0.1) is 0 Å². The van der Waals surface area contributed by atoms with E-state index in [1.165, 1.54) is 96.3 Å². The first-order valence-electron chi connectivity index (χ1n) is 30.0. The average molecular weight is 1010 g/mol. The molecule has 0 rings (SSSR count). The molecule has 0 spiro atoms. The summed E-state index contributed by atoms with van der Waals surface area (Å²) in [4.78, 5) is 38.3. The predicted octanol–water partition coefficient (Wildman–Crippen LogP) is 20.4. The van der Waals surface area contributed by atoms with Crippen molar-refractivity contribution in [3.63, 3.8) is 0 Å². The third-order valence-electron chi connectivity index (χ3n) is 12.4. The highest BCUT2D eigenvalue weighted by molar-refractivity contribution is 5.71. The molecule has 0 bridgehead atoms. The first kappa shape index (κ1) is 68.8. The Balaban J connectivity index is 4.51. The van der Waals surface area contributed by atoms with Gasteiger partial charge in [0.05, 0.1) is 0 Å². The predicted molar refractivity (Wildman–Crippen MR) is 316 cm³/mol.